The molecule has 5 atom stereocenters. The minimum atomic E-state index is -1.22. The van der Waals surface area contributed by atoms with E-state index in [1.165, 1.54) is 18.2 Å². The number of nitrogens with one attached hydrogen (secondary N) is 1. The number of aliphatic hydroxyl groups excluding tert-OH is 3. The van der Waals surface area contributed by atoms with Crippen LogP contribution in [0.25, 0.3) is 11.2 Å². The van der Waals surface area contributed by atoms with Crippen molar-refractivity contribution in [3.8, 4) is 11.5 Å². The van der Waals surface area contributed by atoms with Crippen LogP contribution in [0.2, 0.25) is 0 Å². The maximum Gasteiger partial charge on any atom is 0.167 e. The van der Waals surface area contributed by atoms with Crippen LogP contribution >= 0.6 is 0 Å². The fourth-order valence-electron chi connectivity index (χ4n) is 4.50. The smallest absolute Gasteiger partial charge is 0.167 e. The molecule has 0 spiro atoms. The van der Waals surface area contributed by atoms with E-state index in [1.807, 2.05) is 12.1 Å². The molecule has 5 rings (SSSR count). The van der Waals surface area contributed by atoms with Gasteiger partial charge in [-0.1, -0.05) is 0 Å². The number of aryl methyl sites for hydroxylation is 1. The van der Waals surface area contributed by atoms with Crippen molar-refractivity contribution in [3.05, 3.63) is 35.9 Å². The quantitative estimate of drug-likeness (QED) is 0.426. The zero-order valence-corrected chi connectivity index (χ0v) is 17.7. The lowest BCUT2D eigenvalue weighted by atomic mass is 10.1. The van der Waals surface area contributed by atoms with E-state index in [0.29, 0.717) is 28.5 Å². The number of benzene rings is 1. The van der Waals surface area contributed by atoms with Gasteiger partial charge in [-0.2, -0.15) is 0 Å². The third-order valence-corrected chi connectivity index (χ3v) is 6.18. The van der Waals surface area contributed by atoms with E-state index in [9.17, 15) is 15.3 Å². The first-order valence-electron chi connectivity index (χ1n) is 10.4. The Balaban J connectivity index is 1.46. The minimum absolute atomic E-state index is 0.00182. The predicted octanol–water partition coefficient (Wildman–Crippen LogP) is 0.554. The van der Waals surface area contributed by atoms with E-state index in [1.54, 1.807) is 18.8 Å². The fraction of sp³-hybridized carbons (Fsp3) is 0.476. The molecule has 3 heterocycles. The molecule has 1 saturated heterocycles. The van der Waals surface area contributed by atoms with Crippen molar-refractivity contribution in [2.24, 2.45) is 0 Å². The Morgan fingerprint density at radius 1 is 1.12 bits per heavy atom. The Labute approximate surface area is 183 Å². The van der Waals surface area contributed by atoms with Gasteiger partial charge in [0.05, 0.1) is 33.2 Å². The summed E-state index contributed by atoms with van der Waals surface area (Å²) in [6.45, 7) is -0.404. The maximum absolute atomic E-state index is 10.4. The van der Waals surface area contributed by atoms with Crippen LogP contribution in [-0.4, -0.2) is 74.0 Å². The second kappa shape index (κ2) is 8.17. The summed E-state index contributed by atoms with van der Waals surface area (Å²) < 4.78 is 18.0. The van der Waals surface area contributed by atoms with Crippen LogP contribution in [0.4, 0.5) is 5.82 Å². The molecule has 11 nitrogen and oxygen atoms in total. The second-order valence-electron chi connectivity index (χ2n) is 7.92. The van der Waals surface area contributed by atoms with Gasteiger partial charge in [-0.05, 0) is 36.1 Å². The van der Waals surface area contributed by atoms with Crippen LogP contribution in [0.15, 0.2) is 24.8 Å². The molecular weight excluding hydrogens is 418 g/mol. The number of anilines is 1. The molecule has 1 aromatic carbocycles. The van der Waals surface area contributed by atoms with Gasteiger partial charge in [0.15, 0.2) is 34.7 Å². The largest absolute Gasteiger partial charge is 0.493 e. The molecule has 0 radical (unpaired) electrons. The van der Waals surface area contributed by atoms with E-state index < -0.39 is 31.1 Å². The summed E-state index contributed by atoms with van der Waals surface area (Å²) in [7, 11) is 3.23. The molecule has 1 aliphatic carbocycles. The Morgan fingerprint density at radius 2 is 1.91 bits per heavy atom. The molecule has 0 saturated carbocycles. The summed E-state index contributed by atoms with van der Waals surface area (Å²) in [5.41, 5.74) is 3.25. The zero-order valence-electron chi connectivity index (χ0n) is 17.7. The first kappa shape index (κ1) is 20.9. The van der Waals surface area contributed by atoms with Crippen molar-refractivity contribution < 1.29 is 29.5 Å². The first-order chi connectivity index (χ1) is 15.5. The lowest BCUT2D eigenvalue weighted by Crippen LogP contribution is -2.33. The molecule has 11 heteroatoms. The van der Waals surface area contributed by atoms with Crippen LogP contribution in [0.1, 0.15) is 29.8 Å². The monoisotopic (exact) mass is 443 g/mol. The SMILES string of the molecule is COc1cc2c(cc1OC)C(Nc1ncnc3c1ncn3[C@@H]1O[C@H](CO)[C@@H](O)[C@H]1O)CC2. The molecule has 1 fully saturated rings. The van der Waals surface area contributed by atoms with Crippen molar-refractivity contribution in [1.29, 1.82) is 0 Å². The molecule has 1 unspecified atom stereocenters. The molecule has 4 N–H and O–H groups in total. The van der Waals surface area contributed by atoms with Crippen molar-refractivity contribution in [2.75, 3.05) is 26.1 Å². The Hall–Kier alpha value is -2.99. The number of methoxy groups -OCH3 is 2. The van der Waals surface area contributed by atoms with Gasteiger partial charge in [0.25, 0.3) is 0 Å². The van der Waals surface area contributed by atoms with Gasteiger partial charge in [-0.3, -0.25) is 4.57 Å². The van der Waals surface area contributed by atoms with Crippen LogP contribution < -0.4 is 14.8 Å². The first-order valence-corrected chi connectivity index (χ1v) is 10.4. The molecule has 0 bridgehead atoms. The number of rotatable bonds is 6. The third-order valence-electron chi connectivity index (χ3n) is 6.18. The van der Waals surface area contributed by atoms with Gasteiger partial charge in [0.1, 0.15) is 24.6 Å². The number of aliphatic hydroxyl groups is 3. The minimum Gasteiger partial charge on any atom is -0.493 e. The van der Waals surface area contributed by atoms with Gasteiger partial charge in [-0.25, -0.2) is 15.0 Å². The predicted molar refractivity (Wildman–Crippen MR) is 113 cm³/mol. The van der Waals surface area contributed by atoms with Gasteiger partial charge in [-0.15, -0.1) is 0 Å². The van der Waals surface area contributed by atoms with Crippen molar-refractivity contribution in [3.63, 3.8) is 0 Å². The molecule has 2 aliphatic rings. The average molecular weight is 443 g/mol. The standard InChI is InChI=1S/C21H25N5O6/c1-30-13-5-10-3-4-12(11(10)6-14(13)31-2)25-19-16-20(23-8-22-19)26(9-24-16)21-18(29)17(28)15(7-27)32-21/h5-6,8-9,12,15,17-18,21,27-29H,3-4,7H2,1-2H3,(H,22,23,25)/t12?,15-,17-,18-,21-/m1/s1. The van der Waals surface area contributed by atoms with Crippen LogP contribution in [-0.2, 0) is 11.2 Å². The highest BCUT2D eigenvalue weighted by atomic mass is 16.6. The highest BCUT2D eigenvalue weighted by molar-refractivity contribution is 5.83. The molecule has 32 heavy (non-hydrogen) atoms. The van der Waals surface area contributed by atoms with Crippen molar-refractivity contribution in [2.45, 2.75) is 43.4 Å². The van der Waals surface area contributed by atoms with E-state index in [4.69, 9.17) is 14.2 Å². The van der Waals surface area contributed by atoms with E-state index in [0.717, 1.165) is 18.4 Å². The summed E-state index contributed by atoms with van der Waals surface area (Å²) >= 11 is 0. The summed E-state index contributed by atoms with van der Waals surface area (Å²) in [4.78, 5) is 13.1. The Bertz CT molecular complexity index is 1140. The van der Waals surface area contributed by atoms with Crippen molar-refractivity contribution >= 4 is 17.0 Å². The summed E-state index contributed by atoms with van der Waals surface area (Å²) in [5, 5.41) is 33.3. The molecule has 1 aliphatic heterocycles. The summed E-state index contributed by atoms with van der Waals surface area (Å²) in [5.74, 6) is 1.92. The lowest BCUT2D eigenvalue weighted by molar-refractivity contribution is -0.0511. The number of imidazole rings is 1. The average Bonchev–Trinajstić information content (AvgIpc) is 3.49. The fourth-order valence-corrected chi connectivity index (χ4v) is 4.50. The van der Waals surface area contributed by atoms with E-state index in [2.05, 4.69) is 20.3 Å². The van der Waals surface area contributed by atoms with Crippen molar-refractivity contribution in [1.82, 2.24) is 19.5 Å². The number of hydrogen-bond acceptors (Lipinski definition) is 10. The third kappa shape index (κ3) is 3.25. The molecule has 3 aromatic rings. The normalized spacial score (nSPS) is 27.0. The highest BCUT2D eigenvalue weighted by Gasteiger charge is 2.44. The van der Waals surface area contributed by atoms with Gasteiger partial charge < -0.3 is 34.8 Å². The van der Waals surface area contributed by atoms with Crippen LogP contribution in [0.3, 0.4) is 0 Å². The lowest BCUT2D eigenvalue weighted by Gasteiger charge is -2.18. The number of ether oxygens (including phenoxy) is 3. The molecule has 0 amide bonds. The number of hydrogen-bond donors (Lipinski definition) is 4. The topological polar surface area (TPSA) is 144 Å². The van der Waals surface area contributed by atoms with E-state index in [-0.39, 0.29) is 6.04 Å². The van der Waals surface area contributed by atoms with E-state index >= 15 is 0 Å². The molecular formula is C21H25N5O6. The number of nitrogens with zero attached hydrogens (tertiary/aromatic N) is 4. The van der Waals surface area contributed by atoms with Gasteiger partial charge in [0, 0.05) is 0 Å². The zero-order chi connectivity index (χ0) is 22.4. The molecule has 2 aromatic heterocycles. The number of aromatic nitrogens is 4. The Morgan fingerprint density at radius 3 is 2.62 bits per heavy atom. The van der Waals surface area contributed by atoms with Gasteiger partial charge >= 0.3 is 0 Å². The maximum atomic E-state index is 10.4. The summed E-state index contributed by atoms with van der Waals surface area (Å²) in [6, 6.07) is 3.98. The van der Waals surface area contributed by atoms with Crippen LogP contribution in [0.5, 0.6) is 11.5 Å². The highest BCUT2D eigenvalue weighted by Crippen LogP contribution is 2.41. The number of fused-ring (bicyclic) bond motifs is 2. The van der Waals surface area contributed by atoms with Gasteiger partial charge in [0.2, 0.25) is 0 Å². The molecule has 170 valence electrons. The van der Waals surface area contributed by atoms with Crippen LogP contribution in [0, 0.1) is 0 Å². The summed E-state index contributed by atoms with van der Waals surface area (Å²) in [6.07, 6.45) is 0.429. The second-order valence-corrected chi connectivity index (χ2v) is 7.92. The Kier molecular flexibility index (Phi) is 5.33.